The Kier molecular flexibility index (Phi) is 64.6. The predicted molar refractivity (Wildman–Crippen MR) is 343 cm³/mol. The molecule has 86 heavy (non-hydrogen) atoms. The number of aliphatic hydroxyl groups is 8. The van der Waals surface area contributed by atoms with Crippen LogP contribution in [-0.4, -0.2) is 189 Å². The molecule has 0 aliphatic carbocycles. The molecule has 13 atom stereocenters. The van der Waals surface area contributed by atoms with E-state index in [0.29, 0.717) is 45.3 Å². The number of unbranched alkanes of at least 4 members (excludes halogenated alkanes) is 1. The van der Waals surface area contributed by atoms with E-state index in [1.807, 2.05) is 69.2 Å². The number of carbonyl (C=O) groups is 4. The minimum Gasteiger partial charge on any atom is -0.481 e. The standard InChI is InChI=1S/C40H75N3O9.C5H12O4.C5H10O2.C4H7N3OS.2C2H6.2CH4O.CH4/c1-25-19-28(4)37(47)51-35(30(6)23-50-18-14-13-15-31(7)44)26(2)20-27(3)36(46)40(11,52-38(48)42-39(9,10)24-41)22-29(5)34(25)17-16-33(43-49-12)21-32(8)45;6-2-1-4(8)5(9)3-7;1-4(2)3-5(6)7;1-8-7-4-3(9)2-5-6-4;4*1-2;/h25-32,34-35,44-45H,13-24,41H2,1-12H3,(H,42,48);4-9H,1-3H2;4H,3H2,1-2H3,(H,6,7);2,9H,1H3,(H2,5,6,7);2*1-2H3;2*2H,1H3;1H4/p+1/b43-33+;;;;;;;;/t25-,26+,27?,28?,29-,30+,31?,32?,34+,35?,40-;;;;;;;;/m0......../s1. The van der Waals surface area contributed by atoms with Gasteiger partial charge in [0.05, 0.1) is 56.5 Å². The monoisotopic (exact) mass is 1270 g/mol. The van der Waals surface area contributed by atoms with Crippen molar-refractivity contribution in [3.05, 3.63) is 6.20 Å². The zero-order chi connectivity index (χ0) is 67.6. The topological polar surface area (TPSA) is 392 Å². The highest BCUT2D eigenvalue weighted by molar-refractivity contribution is 7.80. The maximum Gasteiger partial charge on any atom is 0.408 e. The van der Waals surface area contributed by atoms with Gasteiger partial charge in [-0.1, -0.05) is 95.7 Å². The summed E-state index contributed by atoms with van der Waals surface area (Å²) in [6, 6.07) is 0. The van der Waals surface area contributed by atoms with Crippen molar-refractivity contribution < 1.29 is 94.5 Å². The van der Waals surface area contributed by atoms with Gasteiger partial charge in [-0.05, 0) is 122 Å². The molecule has 1 amide bonds. The predicted octanol–water partition coefficient (Wildman–Crippen LogP) is 6.99. The first-order valence-corrected chi connectivity index (χ1v) is 30.6. The maximum atomic E-state index is 14.5. The lowest BCUT2D eigenvalue weighted by atomic mass is 9.70. The number of thiol groups is 1. The fourth-order valence-electron chi connectivity index (χ4n) is 9.12. The number of aromatic amines is 1. The third-order valence-corrected chi connectivity index (χ3v) is 13.6. The number of amides is 1. The van der Waals surface area contributed by atoms with Crippen LogP contribution in [-0.2, 0) is 38.3 Å². The maximum absolute atomic E-state index is 14.5. The SMILES string of the molecule is C.CC.CC.CC(C)CC(=O)O.CO.CO.CO/N=C(\CC[C@@H]1[C@@H](C)CC(C)C(=O)OC([C@H](C)COCCCCC(C)O)[C@H](C)CC(C)C(=O)[C@@](C)(OC(=O)NC(C)(C)CN)C[C@@H]1C)CC(C)O.CO[NH2+]c1[nH]ncc1S.OCCC(O)C(O)CO. The Morgan fingerprint density at radius 2 is 1.44 bits per heavy atom. The normalized spacial score (nSPS) is 22.3. The van der Waals surface area contributed by atoms with E-state index in [4.69, 9.17) is 65.4 Å². The first kappa shape index (κ1) is 96.1. The summed E-state index contributed by atoms with van der Waals surface area (Å²) in [7, 11) is 5.06. The van der Waals surface area contributed by atoms with Crippen molar-refractivity contribution in [3.63, 3.8) is 0 Å². The molecular weight excluding hydrogens is 1140 g/mol. The van der Waals surface area contributed by atoms with Crippen LogP contribution >= 0.6 is 12.6 Å². The third kappa shape index (κ3) is 47.4. The molecule has 0 saturated carbocycles. The van der Waals surface area contributed by atoms with Crippen molar-refractivity contribution in [1.82, 2.24) is 15.5 Å². The van der Waals surface area contributed by atoms with Gasteiger partial charge in [0.25, 0.3) is 5.82 Å². The van der Waals surface area contributed by atoms with Crippen LogP contribution in [0.15, 0.2) is 16.2 Å². The number of aliphatic carboxylic acids is 1. The van der Waals surface area contributed by atoms with Gasteiger partial charge in [-0.2, -0.15) is 10.6 Å². The molecule has 2 heterocycles. The number of quaternary nitrogens is 1. The lowest BCUT2D eigenvalue weighted by Gasteiger charge is -2.39. The van der Waals surface area contributed by atoms with Crippen LogP contribution in [0.4, 0.5) is 10.6 Å². The number of nitrogens with one attached hydrogen (secondary N) is 2. The molecule has 1 aromatic heterocycles. The molecule has 1 aliphatic heterocycles. The fraction of sp³-hybridized carbons (Fsp3) is 0.869. The Hall–Kier alpha value is -3.57. The highest BCUT2D eigenvalue weighted by Crippen LogP contribution is 2.39. The number of esters is 1. The second-order valence-electron chi connectivity index (χ2n) is 22.3. The summed E-state index contributed by atoms with van der Waals surface area (Å²) in [6.45, 7) is 33.0. The van der Waals surface area contributed by atoms with E-state index in [0.717, 1.165) is 49.9 Å². The molecule has 0 radical (unpaired) electrons. The fourth-order valence-corrected chi connectivity index (χ4v) is 9.28. The molecule has 0 aromatic carbocycles. The number of ketones is 1. The van der Waals surface area contributed by atoms with Gasteiger partial charge < -0.3 is 76.1 Å². The smallest absolute Gasteiger partial charge is 0.408 e. The van der Waals surface area contributed by atoms with Gasteiger partial charge in [-0.25, -0.2) is 14.7 Å². The summed E-state index contributed by atoms with van der Waals surface area (Å²) >= 11 is 4.08. The van der Waals surface area contributed by atoms with Crippen LogP contribution in [0.2, 0.25) is 0 Å². The van der Waals surface area contributed by atoms with Crippen LogP contribution < -0.4 is 16.5 Å². The lowest BCUT2D eigenvalue weighted by Crippen LogP contribution is -2.76. The molecule has 7 unspecified atom stereocenters. The molecule has 25 heteroatoms. The van der Waals surface area contributed by atoms with Crippen molar-refractivity contribution in [2.75, 3.05) is 61.4 Å². The number of carboxylic acid groups (broad SMARTS) is 1. The largest absolute Gasteiger partial charge is 0.481 e. The van der Waals surface area contributed by atoms with Gasteiger partial charge in [-0.15, -0.1) is 12.6 Å². The molecule has 15 N–H and O–H groups in total. The number of Topliss-reactive ketones (excluding diaryl/α,β-unsaturated/α-hetero) is 1. The second kappa shape index (κ2) is 57.8. The van der Waals surface area contributed by atoms with Gasteiger partial charge in [-0.3, -0.25) is 14.4 Å². The Bertz CT molecular complexity index is 1800. The van der Waals surface area contributed by atoms with Gasteiger partial charge >= 0.3 is 18.0 Å². The van der Waals surface area contributed by atoms with Gasteiger partial charge in [0.15, 0.2) is 11.4 Å². The van der Waals surface area contributed by atoms with Crippen LogP contribution in [0.5, 0.6) is 0 Å². The number of carbonyl (C=O) groups excluding carboxylic acids is 3. The van der Waals surface area contributed by atoms with Gasteiger partial charge in [0.2, 0.25) is 0 Å². The highest BCUT2D eigenvalue weighted by Gasteiger charge is 2.45. The number of ether oxygens (including phenoxy) is 3. The number of hydrogen-bond donors (Lipinski definition) is 14. The Balaban J connectivity index is -0.000000296. The number of hydrogen-bond acceptors (Lipinski definition) is 21. The van der Waals surface area contributed by atoms with E-state index in [1.165, 1.54) is 7.11 Å². The molecule has 0 spiro atoms. The number of nitrogens with two attached hydrogens (primary N) is 2. The molecule has 2 rings (SSSR count). The zero-order valence-corrected chi connectivity index (χ0v) is 57.0. The number of alkyl carbamates (subject to hydrolysis) is 1. The number of carboxylic acids is 1. The molecular formula is C61H129N6O18S+. The van der Waals surface area contributed by atoms with Gasteiger partial charge in [0.1, 0.15) is 24.2 Å². The van der Waals surface area contributed by atoms with Crippen LogP contribution in [0.3, 0.4) is 0 Å². The quantitative estimate of drug-likeness (QED) is 0.0154. The van der Waals surface area contributed by atoms with Crippen LogP contribution in [0.25, 0.3) is 0 Å². The Labute approximate surface area is 524 Å². The van der Waals surface area contributed by atoms with Crippen molar-refractivity contribution in [1.29, 1.82) is 0 Å². The summed E-state index contributed by atoms with van der Waals surface area (Å²) in [6.07, 6.45) is 2.98. The number of aliphatic hydroxyl groups excluding tert-OH is 8. The van der Waals surface area contributed by atoms with E-state index >= 15 is 0 Å². The van der Waals surface area contributed by atoms with Crippen molar-refractivity contribution in [2.24, 2.45) is 58.2 Å². The first-order valence-electron chi connectivity index (χ1n) is 30.1. The summed E-state index contributed by atoms with van der Waals surface area (Å²) in [5, 5.41) is 89.0. The minimum atomic E-state index is -1.45. The second-order valence-corrected chi connectivity index (χ2v) is 22.8. The van der Waals surface area contributed by atoms with E-state index < -0.39 is 60.1 Å². The van der Waals surface area contributed by atoms with Gasteiger partial charge in [0, 0.05) is 64.2 Å². The van der Waals surface area contributed by atoms with Crippen molar-refractivity contribution in [3.8, 4) is 0 Å². The molecule has 1 aliphatic rings. The summed E-state index contributed by atoms with van der Waals surface area (Å²) < 4.78 is 18.4. The summed E-state index contributed by atoms with van der Waals surface area (Å²) in [4.78, 5) is 62.1. The molecule has 24 nitrogen and oxygen atoms in total. The molecule has 1 aromatic rings. The molecule has 0 bridgehead atoms. The average molecular weight is 1270 g/mol. The van der Waals surface area contributed by atoms with Crippen molar-refractivity contribution in [2.45, 2.75) is 242 Å². The number of nitrogens with zero attached hydrogens (tertiary/aromatic N) is 2. The van der Waals surface area contributed by atoms with Crippen LogP contribution in [0.1, 0.15) is 196 Å². The first-order chi connectivity index (χ1) is 39.8. The van der Waals surface area contributed by atoms with Crippen molar-refractivity contribution >= 4 is 48.0 Å². The molecule has 516 valence electrons. The third-order valence-electron chi connectivity index (χ3n) is 13.2. The van der Waals surface area contributed by atoms with E-state index in [9.17, 15) is 29.4 Å². The van der Waals surface area contributed by atoms with E-state index in [1.54, 1.807) is 53.4 Å². The zero-order valence-electron chi connectivity index (χ0n) is 56.1. The number of H-pyrrole nitrogens is 1. The van der Waals surface area contributed by atoms with E-state index in [2.05, 4.69) is 47.1 Å². The molecule has 1 fully saturated rings. The minimum absolute atomic E-state index is 0. The Morgan fingerprint density at radius 3 is 1.87 bits per heavy atom. The molecule has 1 saturated heterocycles. The number of oxime groups is 1. The lowest BCUT2D eigenvalue weighted by molar-refractivity contribution is -0.833. The Morgan fingerprint density at radius 1 is 0.884 bits per heavy atom. The average Bonchev–Trinajstić information content (AvgIpc) is 4.02. The van der Waals surface area contributed by atoms with E-state index in [-0.39, 0.29) is 99.1 Å². The van der Waals surface area contributed by atoms with Crippen LogP contribution in [0, 0.1) is 47.3 Å². The summed E-state index contributed by atoms with van der Waals surface area (Å²) in [5.41, 5.74) is 5.99. The number of aromatic nitrogens is 2. The summed E-state index contributed by atoms with van der Waals surface area (Å²) in [5.74, 6) is -1.39. The highest BCUT2D eigenvalue weighted by atomic mass is 32.1. The number of cyclic esters (lactones) is 1. The number of rotatable bonds is 25.